The second kappa shape index (κ2) is 8.04. The molecule has 0 saturated carbocycles. The van der Waals surface area contributed by atoms with E-state index in [0.29, 0.717) is 23.3 Å². The van der Waals surface area contributed by atoms with Gasteiger partial charge in [-0.05, 0) is 41.1 Å². The molecule has 0 spiro atoms. The van der Waals surface area contributed by atoms with Crippen LogP contribution in [0, 0.1) is 10.8 Å². The largest absolute Gasteiger partial charge is 0.507 e. The van der Waals surface area contributed by atoms with Gasteiger partial charge < -0.3 is 19.7 Å². The zero-order valence-electron chi connectivity index (χ0n) is 18.4. The minimum absolute atomic E-state index is 0.173. The molecule has 0 radical (unpaired) electrons. The van der Waals surface area contributed by atoms with E-state index in [9.17, 15) is 10.2 Å². The van der Waals surface area contributed by atoms with E-state index < -0.39 is 0 Å². The molecule has 0 heterocycles. The zero-order chi connectivity index (χ0) is 21.3. The van der Waals surface area contributed by atoms with Crippen LogP contribution < -0.4 is 0 Å². The number of rotatable bonds is 3. The molecule has 0 bridgehead atoms. The van der Waals surface area contributed by atoms with Gasteiger partial charge >= 0.3 is 0 Å². The fourth-order valence-corrected chi connectivity index (χ4v) is 3.39. The first kappa shape index (κ1) is 22.1. The van der Waals surface area contributed by atoms with Crippen molar-refractivity contribution < 1.29 is 19.7 Å². The Morgan fingerprint density at radius 3 is 2.11 bits per heavy atom. The maximum atomic E-state index is 11.3. The Balaban J connectivity index is 2.76. The van der Waals surface area contributed by atoms with Crippen molar-refractivity contribution in [2.75, 3.05) is 14.2 Å². The first-order chi connectivity index (χ1) is 12.9. The smallest absolute Gasteiger partial charge is 0.126 e. The second-order valence-corrected chi connectivity index (χ2v) is 9.30. The maximum absolute atomic E-state index is 11.3. The van der Waals surface area contributed by atoms with Gasteiger partial charge in [0.05, 0.1) is 13.2 Å². The van der Waals surface area contributed by atoms with E-state index in [-0.39, 0.29) is 28.5 Å². The highest BCUT2D eigenvalue weighted by atomic mass is 16.5. The molecule has 0 fully saturated rings. The minimum atomic E-state index is -0.298. The summed E-state index contributed by atoms with van der Waals surface area (Å²) in [6.45, 7) is 12.3. The molecule has 2 aliphatic rings. The van der Waals surface area contributed by atoms with Gasteiger partial charge in [0.2, 0.25) is 0 Å². The molecule has 1 unspecified atom stereocenters. The zero-order valence-corrected chi connectivity index (χ0v) is 18.4. The third kappa shape index (κ3) is 4.61. The van der Waals surface area contributed by atoms with Crippen molar-refractivity contribution in [2.24, 2.45) is 10.8 Å². The molecule has 28 heavy (non-hydrogen) atoms. The second-order valence-electron chi connectivity index (χ2n) is 9.30. The van der Waals surface area contributed by atoms with Crippen LogP contribution in [-0.4, -0.2) is 30.5 Å². The predicted octanol–water partition coefficient (Wildman–Crippen LogP) is 6.07. The topological polar surface area (TPSA) is 58.9 Å². The number of allylic oxidation sites excluding steroid dienone is 6. The molecular formula is C24H34O4. The number of aliphatic hydroxyl groups excluding tert-OH is 2. The Kier molecular flexibility index (Phi) is 6.34. The highest BCUT2D eigenvalue weighted by Crippen LogP contribution is 2.41. The third-order valence-corrected chi connectivity index (χ3v) is 5.08. The third-order valence-electron chi connectivity index (χ3n) is 5.08. The van der Waals surface area contributed by atoms with Crippen LogP contribution in [-0.2, 0) is 9.47 Å². The molecule has 0 aromatic rings. The lowest BCUT2D eigenvalue weighted by molar-refractivity contribution is 0.177. The van der Waals surface area contributed by atoms with Crippen molar-refractivity contribution in [3.63, 3.8) is 0 Å². The lowest BCUT2D eigenvalue weighted by atomic mass is 9.81. The van der Waals surface area contributed by atoms with Crippen molar-refractivity contribution in [3.8, 4) is 0 Å². The Morgan fingerprint density at radius 2 is 1.61 bits per heavy atom. The standard InChI is InChI=1S/C24H34O4/c1-23(2,3)19-12-10-15(27-7)13-18(22(19)26)17-11-9-16(28-8)14-20(21(17)25)24(4,5)6/h9-10,12-15,25-26H,11H2,1-8H3. The summed E-state index contributed by atoms with van der Waals surface area (Å²) in [5, 5.41) is 22.5. The summed E-state index contributed by atoms with van der Waals surface area (Å²) in [5.74, 6) is 1.05. The molecule has 0 aromatic carbocycles. The summed E-state index contributed by atoms with van der Waals surface area (Å²) in [6.07, 6.45) is 9.64. The van der Waals surface area contributed by atoms with Crippen LogP contribution >= 0.6 is 0 Å². The lowest BCUT2D eigenvalue weighted by Gasteiger charge is -2.26. The van der Waals surface area contributed by atoms with Gasteiger partial charge in [0.15, 0.2) is 0 Å². The van der Waals surface area contributed by atoms with Gasteiger partial charge in [-0.1, -0.05) is 53.7 Å². The summed E-state index contributed by atoms with van der Waals surface area (Å²) >= 11 is 0. The van der Waals surface area contributed by atoms with Gasteiger partial charge in [-0.3, -0.25) is 0 Å². The Morgan fingerprint density at radius 1 is 0.964 bits per heavy atom. The quantitative estimate of drug-likeness (QED) is 0.617. The highest BCUT2D eigenvalue weighted by molar-refractivity contribution is 5.57. The van der Waals surface area contributed by atoms with Gasteiger partial charge in [0.1, 0.15) is 17.3 Å². The number of hydrogen-bond acceptors (Lipinski definition) is 4. The molecule has 4 heteroatoms. The number of hydrogen-bond donors (Lipinski definition) is 2. The average molecular weight is 387 g/mol. The normalized spacial score (nSPS) is 21.7. The van der Waals surface area contributed by atoms with Crippen LogP contribution in [0.5, 0.6) is 0 Å². The van der Waals surface area contributed by atoms with E-state index in [1.54, 1.807) is 14.2 Å². The van der Waals surface area contributed by atoms with Crippen molar-refractivity contribution in [2.45, 2.75) is 54.1 Å². The van der Waals surface area contributed by atoms with E-state index in [4.69, 9.17) is 9.47 Å². The molecule has 0 aliphatic heterocycles. The van der Waals surface area contributed by atoms with E-state index >= 15 is 0 Å². The van der Waals surface area contributed by atoms with Crippen LogP contribution in [0.15, 0.2) is 70.0 Å². The fourth-order valence-electron chi connectivity index (χ4n) is 3.39. The molecule has 4 nitrogen and oxygen atoms in total. The Hall–Kier alpha value is -2.20. The van der Waals surface area contributed by atoms with E-state index in [0.717, 1.165) is 11.1 Å². The summed E-state index contributed by atoms with van der Waals surface area (Å²) < 4.78 is 11.0. The first-order valence-electron chi connectivity index (χ1n) is 9.66. The SMILES string of the molecule is COC1=CCC(C2=CC(OC)C=CC(C(C)(C)C)=C2O)=C(O)C(C(C)(C)C)=C1. The average Bonchev–Trinajstić information content (AvgIpc) is 2.85. The predicted molar refractivity (Wildman–Crippen MR) is 114 cm³/mol. The van der Waals surface area contributed by atoms with Gasteiger partial charge in [0.25, 0.3) is 0 Å². The highest BCUT2D eigenvalue weighted by Gasteiger charge is 2.30. The van der Waals surface area contributed by atoms with E-state index in [2.05, 4.69) is 20.8 Å². The fraction of sp³-hybridized carbons (Fsp3) is 0.500. The monoisotopic (exact) mass is 386 g/mol. The maximum Gasteiger partial charge on any atom is 0.126 e. The van der Waals surface area contributed by atoms with Crippen molar-refractivity contribution in [3.05, 3.63) is 70.0 Å². The van der Waals surface area contributed by atoms with Crippen molar-refractivity contribution in [1.82, 2.24) is 0 Å². The van der Waals surface area contributed by atoms with Gasteiger partial charge in [-0.15, -0.1) is 0 Å². The van der Waals surface area contributed by atoms with Gasteiger partial charge in [-0.25, -0.2) is 0 Å². The van der Waals surface area contributed by atoms with E-state index in [1.807, 2.05) is 51.2 Å². The van der Waals surface area contributed by atoms with Crippen molar-refractivity contribution >= 4 is 0 Å². The molecule has 2 aliphatic carbocycles. The van der Waals surface area contributed by atoms with Crippen LogP contribution in [0.1, 0.15) is 48.0 Å². The molecule has 1 atom stereocenters. The number of aliphatic hydroxyl groups is 2. The Bertz CT molecular complexity index is 803. The molecule has 0 amide bonds. The molecular weight excluding hydrogens is 352 g/mol. The van der Waals surface area contributed by atoms with Gasteiger partial charge in [0, 0.05) is 23.8 Å². The first-order valence-corrected chi connectivity index (χ1v) is 9.66. The number of ether oxygens (including phenoxy) is 2. The van der Waals surface area contributed by atoms with Crippen LogP contribution in [0.4, 0.5) is 0 Å². The molecule has 0 saturated heterocycles. The summed E-state index contributed by atoms with van der Waals surface area (Å²) in [6, 6.07) is 0. The van der Waals surface area contributed by atoms with Crippen LogP contribution in [0.25, 0.3) is 0 Å². The van der Waals surface area contributed by atoms with Crippen LogP contribution in [0.3, 0.4) is 0 Å². The van der Waals surface area contributed by atoms with Crippen molar-refractivity contribution in [1.29, 1.82) is 0 Å². The van der Waals surface area contributed by atoms with Crippen LogP contribution in [0.2, 0.25) is 0 Å². The lowest BCUT2D eigenvalue weighted by Crippen LogP contribution is -2.15. The Labute approximate surface area is 169 Å². The minimum Gasteiger partial charge on any atom is -0.507 e. The molecule has 2 rings (SSSR count). The van der Waals surface area contributed by atoms with Gasteiger partial charge in [-0.2, -0.15) is 0 Å². The summed E-state index contributed by atoms with van der Waals surface area (Å²) in [7, 11) is 3.25. The summed E-state index contributed by atoms with van der Waals surface area (Å²) in [4.78, 5) is 0. The summed E-state index contributed by atoms with van der Waals surface area (Å²) in [5.41, 5.74) is 2.28. The number of methoxy groups -OCH3 is 2. The molecule has 0 aromatic heterocycles. The molecule has 2 N–H and O–H groups in total. The van der Waals surface area contributed by atoms with E-state index in [1.165, 1.54) is 0 Å². The molecule has 154 valence electrons.